The number of nitrogens with zero attached hydrogens (tertiary/aromatic N) is 1. The molecule has 0 spiro atoms. The molecule has 1 aromatic rings. The summed E-state index contributed by atoms with van der Waals surface area (Å²) in [4.78, 5) is 15.8. The van der Waals surface area contributed by atoms with Gasteiger partial charge in [0.05, 0.1) is 6.04 Å². The van der Waals surface area contributed by atoms with Crippen LogP contribution in [-0.2, 0) is 11.2 Å². The van der Waals surface area contributed by atoms with E-state index >= 15 is 0 Å². The molecule has 0 aromatic carbocycles. The molecule has 1 saturated carbocycles. The van der Waals surface area contributed by atoms with Gasteiger partial charge >= 0.3 is 0 Å². The number of rotatable bonds is 4. The van der Waals surface area contributed by atoms with Gasteiger partial charge in [-0.15, -0.1) is 11.3 Å². The molecule has 2 heterocycles. The van der Waals surface area contributed by atoms with Gasteiger partial charge in [0, 0.05) is 24.5 Å². The molecule has 1 N–H and O–H groups in total. The highest BCUT2D eigenvalue weighted by Crippen LogP contribution is 2.33. The van der Waals surface area contributed by atoms with Crippen LogP contribution in [0.5, 0.6) is 0 Å². The van der Waals surface area contributed by atoms with Crippen LogP contribution in [0.3, 0.4) is 0 Å². The van der Waals surface area contributed by atoms with Crippen molar-refractivity contribution >= 4 is 17.2 Å². The highest BCUT2D eigenvalue weighted by atomic mass is 32.1. The lowest BCUT2D eigenvalue weighted by atomic mass is 9.85. The Kier molecular flexibility index (Phi) is 4.41. The van der Waals surface area contributed by atoms with E-state index in [2.05, 4.69) is 22.8 Å². The van der Waals surface area contributed by atoms with E-state index in [1.54, 1.807) is 11.3 Å². The van der Waals surface area contributed by atoms with Crippen LogP contribution in [0.25, 0.3) is 0 Å². The van der Waals surface area contributed by atoms with Crippen LogP contribution >= 0.6 is 11.3 Å². The Morgan fingerprint density at radius 3 is 3.05 bits per heavy atom. The molecular formula is C16H24N2OS. The summed E-state index contributed by atoms with van der Waals surface area (Å²) in [5.74, 6) is 1.03. The molecule has 2 aliphatic rings. The standard InChI is InChI=1S/C16H24N2OS/c1-18(9-8-13-6-4-10-20-13)16(19)15-11-12-5-2-3-7-14(12)17-15/h4,6,10,12,14-15,17H,2-3,5,7-9,11H2,1H3. The van der Waals surface area contributed by atoms with Crippen LogP contribution in [0.4, 0.5) is 0 Å². The van der Waals surface area contributed by atoms with Crippen molar-refractivity contribution in [3.63, 3.8) is 0 Å². The van der Waals surface area contributed by atoms with Crippen molar-refractivity contribution in [1.29, 1.82) is 0 Å². The summed E-state index contributed by atoms with van der Waals surface area (Å²) in [7, 11) is 1.94. The Hall–Kier alpha value is -0.870. The topological polar surface area (TPSA) is 32.3 Å². The third kappa shape index (κ3) is 3.07. The van der Waals surface area contributed by atoms with Gasteiger partial charge in [0.1, 0.15) is 0 Å². The van der Waals surface area contributed by atoms with Crippen LogP contribution in [0.2, 0.25) is 0 Å². The first-order chi connectivity index (χ1) is 9.74. The minimum Gasteiger partial charge on any atom is -0.344 e. The maximum absolute atomic E-state index is 12.5. The highest BCUT2D eigenvalue weighted by Gasteiger charge is 2.38. The first-order valence-electron chi connectivity index (χ1n) is 7.77. The van der Waals surface area contributed by atoms with Gasteiger partial charge in [-0.2, -0.15) is 0 Å². The second-order valence-corrected chi connectivity index (χ2v) is 7.23. The quantitative estimate of drug-likeness (QED) is 0.925. The van der Waals surface area contributed by atoms with Crippen molar-refractivity contribution in [3.8, 4) is 0 Å². The maximum atomic E-state index is 12.5. The molecule has 1 aliphatic heterocycles. The molecule has 3 rings (SSSR count). The van der Waals surface area contributed by atoms with Gasteiger partial charge in [-0.25, -0.2) is 0 Å². The molecule has 1 saturated heterocycles. The lowest BCUT2D eigenvalue weighted by Crippen LogP contribution is -2.44. The number of hydrogen-bond donors (Lipinski definition) is 1. The molecule has 1 aliphatic carbocycles. The van der Waals surface area contributed by atoms with Gasteiger partial charge in [-0.3, -0.25) is 4.79 Å². The minimum absolute atomic E-state index is 0.0661. The van der Waals surface area contributed by atoms with Crippen molar-refractivity contribution in [1.82, 2.24) is 10.2 Å². The molecule has 4 heteroatoms. The zero-order chi connectivity index (χ0) is 13.9. The Labute approximate surface area is 125 Å². The summed E-state index contributed by atoms with van der Waals surface area (Å²) in [5.41, 5.74) is 0. The Morgan fingerprint density at radius 1 is 1.45 bits per heavy atom. The summed E-state index contributed by atoms with van der Waals surface area (Å²) >= 11 is 1.77. The molecule has 3 atom stereocenters. The van der Waals surface area contributed by atoms with Gasteiger partial charge in [-0.1, -0.05) is 18.9 Å². The van der Waals surface area contributed by atoms with Crippen LogP contribution in [0.15, 0.2) is 17.5 Å². The van der Waals surface area contributed by atoms with Gasteiger partial charge in [0.15, 0.2) is 0 Å². The third-order valence-electron chi connectivity index (χ3n) is 4.81. The van der Waals surface area contributed by atoms with Crippen LogP contribution < -0.4 is 5.32 Å². The Bertz CT molecular complexity index is 431. The first kappa shape index (κ1) is 14.1. The SMILES string of the molecule is CN(CCc1cccs1)C(=O)C1CC2CCCCC2N1. The average molecular weight is 292 g/mol. The van der Waals surface area contributed by atoms with Crippen molar-refractivity contribution in [2.45, 2.75) is 50.6 Å². The van der Waals surface area contributed by atoms with E-state index in [0.29, 0.717) is 6.04 Å². The van der Waals surface area contributed by atoms with Crippen molar-refractivity contribution in [3.05, 3.63) is 22.4 Å². The number of thiophene rings is 1. The molecular weight excluding hydrogens is 268 g/mol. The normalized spacial score (nSPS) is 29.1. The maximum Gasteiger partial charge on any atom is 0.239 e. The number of hydrogen-bond acceptors (Lipinski definition) is 3. The van der Waals surface area contributed by atoms with E-state index in [1.807, 2.05) is 11.9 Å². The van der Waals surface area contributed by atoms with Gasteiger partial charge in [0.2, 0.25) is 5.91 Å². The summed E-state index contributed by atoms with van der Waals surface area (Å²) < 4.78 is 0. The van der Waals surface area contributed by atoms with Crippen LogP contribution in [-0.4, -0.2) is 36.5 Å². The third-order valence-corrected chi connectivity index (χ3v) is 5.75. The average Bonchev–Trinajstić information content (AvgIpc) is 3.12. The number of nitrogens with one attached hydrogen (secondary N) is 1. The van der Waals surface area contributed by atoms with Gasteiger partial charge < -0.3 is 10.2 Å². The fourth-order valence-electron chi connectivity index (χ4n) is 3.62. The van der Waals surface area contributed by atoms with Gasteiger partial charge in [0.25, 0.3) is 0 Å². The van der Waals surface area contributed by atoms with E-state index in [-0.39, 0.29) is 11.9 Å². The lowest BCUT2D eigenvalue weighted by molar-refractivity contribution is -0.131. The molecule has 1 amide bonds. The smallest absolute Gasteiger partial charge is 0.239 e. The monoisotopic (exact) mass is 292 g/mol. The van der Waals surface area contributed by atoms with Crippen LogP contribution in [0, 0.1) is 5.92 Å². The summed E-state index contributed by atoms with van der Waals surface area (Å²) in [6, 6.07) is 4.89. The first-order valence-corrected chi connectivity index (χ1v) is 8.65. The molecule has 0 bridgehead atoms. The molecule has 0 radical (unpaired) electrons. The second kappa shape index (κ2) is 6.27. The second-order valence-electron chi connectivity index (χ2n) is 6.20. The Balaban J connectivity index is 1.50. The summed E-state index contributed by atoms with van der Waals surface area (Å²) in [5, 5.41) is 5.68. The zero-order valence-electron chi connectivity index (χ0n) is 12.2. The van der Waals surface area contributed by atoms with Crippen molar-refractivity contribution < 1.29 is 4.79 Å². The molecule has 1 aromatic heterocycles. The molecule has 3 nitrogen and oxygen atoms in total. The predicted octanol–water partition coefficient (Wildman–Crippen LogP) is 2.67. The van der Waals surface area contributed by atoms with E-state index in [4.69, 9.17) is 0 Å². The van der Waals surface area contributed by atoms with Crippen LogP contribution in [0.1, 0.15) is 37.0 Å². The minimum atomic E-state index is 0.0661. The fraction of sp³-hybridized carbons (Fsp3) is 0.688. The lowest BCUT2D eigenvalue weighted by Gasteiger charge is -2.24. The molecule has 2 fully saturated rings. The molecule has 3 unspecified atom stereocenters. The zero-order valence-corrected chi connectivity index (χ0v) is 13.0. The van der Waals surface area contributed by atoms with Gasteiger partial charge in [-0.05, 0) is 43.0 Å². The number of amides is 1. The van der Waals surface area contributed by atoms with Crippen molar-refractivity contribution in [2.24, 2.45) is 5.92 Å². The van der Waals surface area contributed by atoms with E-state index in [9.17, 15) is 4.79 Å². The summed E-state index contributed by atoms with van der Waals surface area (Å²) in [6.07, 6.45) is 7.25. The number of carbonyl (C=O) groups is 1. The van der Waals surface area contributed by atoms with Crippen molar-refractivity contribution in [2.75, 3.05) is 13.6 Å². The van der Waals surface area contributed by atoms with E-state index in [1.165, 1.54) is 30.6 Å². The molecule has 110 valence electrons. The van der Waals surface area contributed by atoms with E-state index < -0.39 is 0 Å². The fourth-order valence-corrected chi connectivity index (χ4v) is 4.32. The van der Waals surface area contributed by atoms with E-state index in [0.717, 1.165) is 25.3 Å². The number of carbonyl (C=O) groups excluding carboxylic acids is 1. The molecule has 20 heavy (non-hydrogen) atoms. The largest absolute Gasteiger partial charge is 0.344 e. The number of likely N-dealkylation sites (N-methyl/N-ethyl adjacent to an activating group) is 1. The highest BCUT2D eigenvalue weighted by molar-refractivity contribution is 7.09. The summed E-state index contributed by atoms with van der Waals surface area (Å²) in [6.45, 7) is 0.826. The Morgan fingerprint density at radius 2 is 2.30 bits per heavy atom. The number of fused-ring (bicyclic) bond motifs is 1. The predicted molar refractivity (Wildman–Crippen MR) is 82.9 cm³/mol.